The molecule has 0 spiro atoms. The van der Waals surface area contributed by atoms with Crippen molar-refractivity contribution in [1.82, 2.24) is 10.0 Å². The van der Waals surface area contributed by atoms with Crippen molar-refractivity contribution in [2.75, 3.05) is 14.1 Å². The molecule has 2 aliphatic rings. The second-order valence-corrected chi connectivity index (χ2v) is 6.92. The Morgan fingerprint density at radius 1 is 1.23 bits per heavy atom. The Hall–Kier alpha value is -1.46. The smallest absolute Gasteiger partial charge is 0.242 e. The molecule has 5 heteroatoms. The van der Waals surface area contributed by atoms with E-state index in [1.54, 1.807) is 10.0 Å². The quantitative estimate of drug-likeness (QED) is 0.810. The summed E-state index contributed by atoms with van der Waals surface area (Å²) in [5.74, 6) is 0.123. The number of benzene rings is 1. The highest BCUT2D eigenvalue weighted by Gasteiger charge is 2.39. The van der Waals surface area contributed by atoms with Crippen molar-refractivity contribution in [3.05, 3.63) is 45.6 Å². The van der Waals surface area contributed by atoms with Crippen molar-refractivity contribution in [1.29, 1.82) is 0 Å². The van der Waals surface area contributed by atoms with E-state index in [9.17, 15) is 9.59 Å². The third kappa shape index (κ3) is 2.63. The van der Waals surface area contributed by atoms with Crippen molar-refractivity contribution >= 4 is 27.6 Å². The highest BCUT2D eigenvalue weighted by Crippen LogP contribution is 2.42. The zero-order valence-electron chi connectivity index (χ0n) is 12.8. The van der Waals surface area contributed by atoms with E-state index >= 15 is 0 Å². The minimum Gasteiger partial charge on any atom is -0.294 e. The highest BCUT2D eigenvalue weighted by molar-refractivity contribution is 9.10. The lowest BCUT2D eigenvalue weighted by Crippen LogP contribution is -2.47. The maximum Gasteiger partial charge on any atom is 0.242 e. The minimum absolute atomic E-state index is 0.0587. The van der Waals surface area contributed by atoms with Gasteiger partial charge in [0.05, 0.1) is 0 Å². The molecule has 0 fully saturated rings. The molecule has 3 rings (SSSR count). The largest absolute Gasteiger partial charge is 0.294 e. The zero-order chi connectivity index (χ0) is 15.9. The molecule has 1 aromatic carbocycles. The Bertz CT molecular complexity index is 666. The van der Waals surface area contributed by atoms with Gasteiger partial charge in [-0.25, -0.2) is 10.0 Å². The van der Waals surface area contributed by atoms with Crippen LogP contribution in [0, 0.1) is 0 Å². The summed E-state index contributed by atoms with van der Waals surface area (Å²) in [7, 11) is 3.70. The monoisotopic (exact) mass is 362 g/mol. The molecule has 1 aromatic rings. The molecule has 0 N–H and O–H groups in total. The summed E-state index contributed by atoms with van der Waals surface area (Å²) in [5.41, 5.74) is 2.75. The average molecular weight is 363 g/mol. The number of carbonyl (C=O) groups excluding carboxylic acids is 2. The van der Waals surface area contributed by atoms with Crippen LogP contribution in [-0.4, -0.2) is 35.8 Å². The van der Waals surface area contributed by atoms with Crippen LogP contribution in [-0.2, 0) is 9.59 Å². The van der Waals surface area contributed by atoms with Crippen molar-refractivity contribution in [2.24, 2.45) is 0 Å². The Kier molecular flexibility index (Phi) is 4.19. The Labute approximate surface area is 138 Å². The first-order valence-corrected chi connectivity index (χ1v) is 8.30. The van der Waals surface area contributed by atoms with Gasteiger partial charge < -0.3 is 0 Å². The van der Waals surface area contributed by atoms with Gasteiger partial charge in [-0.05, 0) is 30.5 Å². The number of hydrogen-bond acceptors (Lipinski definition) is 3. The molecule has 0 radical (unpaired) electrons. The zero-order valence-corrected chi connectivity index (χ0v) is 14.4. The van der Waals surface area contributed by atoms with Gasteiger partial charge in [0.25, 0.3) is 0 Å². The van der Waals surface area contributed by atoms with E-state index in [1.165, 1.54) is 0 Å². The van der Waals surface area contributed by atoms with Crippen LogP contribution >= 0.6 is 15.9 Å². The van der Waals surface area contributed by atoms with Gasteiger partial charge in [0.2, 0.25) is 5.91 Å². The predicted molar refractivity (Wildman–Crippen MR) is 87.9 cm³/mol. The predicted octanol–water partition coefficient (Wildman–Crippen LogP) is 3.25. The third-order valence-electron chi connectivity index (χ3n) is 4.30. The lowest BCUT2D eigenvalue weighted by molar-refractivity contribution is -0.143. The van der Waals surface area contributed by atoms with E-state index in [4.69, 9.17) is 0 Å². The number of carbonyl (C=O) groups is 2. The summed E-state index contributed by atoms with van der Waals surface area (Å²) in [5, 5.41) is 3.47. The summed E-state index contributed by atoms with van der Waals surface area (Å²) < 4.78 is 0.970. The number of allylic oxidation sites excluding steroid dienone is 2. The van der Waals surface area contributed by atoms with Gasteiger partial charge in [0, 0.05) is 48.6 Å². The van der Waals surface area contributed by atoms with E-state index in [2.05, 4.69) is 15.9 Å². The minimum atomic E-state index is -0.121. The lowest BCUT2D eigenvalue weighted by Gasteiger charge is -2.41. The van der Waals surface area contributed by atoms with Gasteiger partial charge in [-0.1, -0.05) is 28.1 Å². The highest BCUT2D eigenvalue weighted by atomic mass is 79.9. The lowest BCUT2D eigenvalue weighted by atomic mass is 9.78. The third-order valence-corrected chi connectivity index (χ3v) is 4.79. The molecule has 1 unspecified atom stereocenters. The van der Waals surface area contributed by atoms with Gasteiger partial charge in [0.1, 0.15) is 0 Å². The van der Waals surface area contributed by atoms with E-state index in [-0.39, 0.29) is 17.6 Å². The molecule has 0 saturated heterocycles. The number of amides is 1. The molecule has 4 nitrogen and oxygen atoms in total. The molecular formula is C17H19BrN2O2. The summed E-state index contributed by atoms with van der Waals surface area (Å²) in [4.78, 5) is 25.1. The average Bonchev–Trinajstić information content (AvgIpc) is 2.46. The molecule has 0 saturated carbocycles. The second kappa shape index (κ2) is 5.97. The van der Waals surface area contributed by atoms with Crippen molar-refractivity contribution in [3.63, 3.8) is 0 Å². The molecule has 1 heterocycles. The first kappa shape index (κ1) is 15.4. The molecule has 22 heavy (non-hydrogen) atoms. The van der Waals surface area contributed by atoms with Crippen LogP contribution in [0.15, 0.2) is 40.0 Å². The summed E-state index contributed by atoms with van der Waals surface area (Å²) in [6.07, 6.45) is 2.54. The van der Waals surface area contributed by atoms with Crippen LogP contribution in [0.25, 0.3) is 0 Å². The fourth-order valence-electron chi connectivity index (χ4n) is 3.45. The molecule has 0 bridgehead atoms. The van der Waals surface area contributed by atoms with E-state index in [1.807, 2.05) is 38.4 Å². The fraction of sp³-hybridized carbons (Fsp3) is 0.412. The van der Waals surface area contributed by atoms with Gasteiger partial charge in [0.15, 0.2) is 5.78 Å². The number of ketones is 1. The van der Waals surface area contributed by atoms with Crippen LogP contribution in [0.5, 0.6) is 0 Å². The standard InChI is InChI=1S/C17H19BrN2O2/c1-19(2)20-14-7-4-8-15(21)17(14)13(10-16(20)22)11-5-3-6-12(18)9-11/h3,5-6,9,13H,4,7-8,10H2,1-2H3. The number of hydrogen-bond donors (Lipinski definition) is 0. The molecule has 0 aromatic heterocycles. The number of Topliss-reactive ketones (excluding diaryl/α,β-unsaturated/α-hetero) is 1. The van der Waals surface area contributed by atoms with Crippen molar-refractivity contribution in [3.8, 4) is 0 Å². The SMILES string of the molecule is CN(C)N1C(=O)CC(c2cccc(Br)c2)C2=C1CCCC2=O. The van der Waals surface area contributed by atoms with Crippen LogP contribution in [0.1, 0.15) is 37.2 Å². The topological polar surface area (TPSA) is 40.6 Å². The van der Waals surface area contributed by atoms with Crippen LogP contribution in [0.4, 0.5) is 0 Å². The molecule has 1 aliphatic carbocycles. The van der Waals surface area contributed by atoms with Crippen LogP contribution < -0.4 is 0 Å². The number of nitrogens with zero attached hydrogens (tertiary/aromatic N) is 2. The van der Waals surface area contributed by atoms with E-state index in [0.717, 1.165) is 34.1 Å². The fourth-order valence-corrected chi connectivity index (χ4v) is 3.87. The molecule has 1 atom stereocenters. The number of halogens is 1. The summed E-state index contributed by atoms with van der Waals surface area (Å²) in [6, 6.07) is 7.92. The van der Waals surface area contributed by atoms with Crippen molar-refractivity contribution < 1.29 is 9.59 Å². The van der Waals surface area contributed by atoms with E-state index in [0.29, 0.717) is 12.8 Å². The van der Waals surface area contributed by atoms with Crippen LogP contribution in [0.2, 0.25) is 0 Å². The molecule has 1 amide bonds. The van der Waals surface area contributed by atoms with Gasteiger partial charge in [-0.2, -0.15) is 0 Å². The van der Waals surface area contributed by atoms with E-state index < -0.39 is 0 Å². The molecule has 116 valence electrons. The van der Waals surface area contributed by atoms with Crippen molar-refractivity contribution in [2.45, 2.75) is 31.6 Å². The molecular weight excluding hydrogens is 344 g/mol. The van der Waals surface area contributed by atoms with Gasteiger partial charge in [-0.15, -0.1) is 0 Å². The number of rotatable bonds is 2. The number of hydrazine groups is 1. The van der Waals surface area contributed by atoms with Gasteiger partial charge >= 0.3 is 0 Å². The first-order valence-electron chi connectivity index (χ1n) is 7.51. The maximum absolute atomic E-state index is 12.6. The first-order chi connectivity index (χ1) is 10.5. The van der Waals surface area contributed by atoms with Crippen LogP contribution in [0.3, 0.4) is 0 Å². The Morgan fingerprint density at radius 3 is 2.68 bits per heavy atom. The van der Waals surface area contributed by atoms with Gasteiger partial charge in [-0.3, -0.25) is 9.59 Å². The molecule has 1 aliphatic heterocycles. The second-order valence-electron chi connectivity index (χ2n) is 6.00. The maximum atomic E-state index is 12.6. The summed E-state index contributed by atoms with van der Waals surface area (Å²) in [6.45, 7) is 0. The Morgan fingerprint density at radius 2 is 2.00 bits per heavy atom. The summed E-state index contributed by atoms with van der Waals surface area (Å²) >= 11 is 3.48. The normalized spacial score (nSPS) is 22.4. The Balaban J connectivity index is 2.13.